The first-order valence-corrected chi connectivity index (χ1v) is 8.50. The van der Waals surface area contributed by atoms with Gasteiger partial charge in [0, 0.05) is 5.56 Å². The highest BCUT2D eigenvalue weighted by molar-refractivity contribution is 6.31. The van der Waals surface area contributed by atoms with E-state index in [2.05, 4.69) is 9.97 Å². The standard InChI is InChI=1S/C19H13ClF3N3O2/c1-9-16(10-2-4-13(20)12(6-10)19(21,22)23)26(18(28)17(9)27)11-3-5-14-15(7-11)25-8-24-14/h2-8,27-28H,1H3,(H,24,25). The molecule has 4 rings (SSSR count). The van der Waals surface area contributed by atoms with Crippen LogP contribution in [0.3, 0.4) is 0 Å². The van der Waals surface area contributed by atoms with Crippen LogP contribution < -0.4 is 0 Å². The van der Waals surface area contributed by atoms with Crippen LogP contribution in [-0.2, 0) is 6.18 Å². The number of rotatable bonds is 2. The number of H-pyrrole nitrogens is 1. The number of imidazole rings is 1. The molecule has 144 valence electrons. The molecule has 0 aliphatic carbocycles. The van der Waals surface area contributed by atoms with E-state index in [0.29, 0.717) is 16.7 Å². The van der Waals surface area contributed by atoms with Crippen LogP contribution in [-0.4, -0.2) is 24.7 Å². The topological polar surface area (TPSA) is 74.1 Å². The normalized spacial score (nSPS) is 12.0. The second-order valence-electron chi connectivity index (χ2n) is 6.28. The fraction of sp³-hybridized carbons (Fsp3) is 0.105. The highest BCUT2D eigenvalue weighted by atomic mass is 35.5. The summed E-state index contributed by atoms with van der Waals surface area (Å²) in [7, 11) is 0. The highest BCUT2D eigenvalue weighted by Gasteiger charge is 2.34. The van der Waals surface area contributed by atoms with E-state index >= 15 is 0 Å². The summed E-state index contributed by atoms with van der Waals surface area (Å²) < 4.78 is 41.2. The lowest BCUT2D eigenvalue weighted by Crippen LogP contribution is -2.06. The Morgan fingerprint density at radius 2 is 1.86 bits per heavy atom. The van der Waals surface area contributed by atoms with Gasteiger partial charge in [0.2, 0.25) is 5.88 Å². The van der Waals surface area contributed by atoms with Crippen LogP contribution in [0.1, 0.15) is 11.1 Å². The Morgan fingerprint density at radius 3 is 2.57 bits per heavy atom. The molecule has 0 fully saturated rings. The lowest BCUT2D eigenvalue weighted by molar-refractivity contribution is -0.137. The lowest BCUT2D eigenvalue weighted by Gasteiger charge is -2.14. The van der Waals surface area contributed by atoms with E-state index in [4.69, 9.17) is 11.6 Å². The molecule has 0 aliphatic rings. The number of halogens is 4. The van der Waals surface area contributed by atoms with E-state index in [-0.39, 0.29) is 16.8 Å². The van der Waals surface area contributed by atoms with Gasteiger partial charge >= 0.3 is 6.18 Å². The zero-order valence-electron chi connectivity index (χ0n) is 14.3. The van der Waals surface area contributed by atoms with E-state index in [1.807, 2.05) is 0 Å². The number of benzene rings is 2. The van der Waals surface area contributed by atoms with Gasteiger partial charge in [-0.3, -0.25) is 4.57 Å². The van der Waals surface area contributed by atoms with Gasteiger partial charge in [-0.25, -0.2) is 4.98 Å². The molecule has 0 atom stereocenters. The first kappa shape index (κ1) is 18.2. The van der Waals surface area contributed by atoms with Crippen molar-refractivity contribution in [1.29, 1.82) is 0 Å². The quantitative estimate of drug-likeness (QED) is 0.416. The van der Waals surface area contributed by atoms with Crippen molar-refractivity contribution in [1.82, 2.24) is 14.5 Å². The van der Waals surface area contributed by atoms with Crippen LogP contribution in [0.25, 0.3) is 28.0 Å². The number of nitrogens with zero attached hydrogens (tertiary/aromatic N) is 2. The van der Waals surface area contributed by atoms with Gasteiger partial charge in [-0.05, 0) is 42.8 Å². The number of aromatic hydroxyl groups is 2. The fourth-order valence-corrected chi connectivity index (χ4v) is 3.43. The van der Waals surface area contributed by atoms with Crippen LogP contribution in [0, 0.1) is 6.92 Å². The van der Waals surface area contributed by atoms with Crippen molar-refractivity contribution in [3.05, 3.63) is 58.9 Å². The average Bonchev–Trinajstić information content (AvgIpc) is 3.19. The lowest BCUT2D eigenvalue weighted by atomic mass is 10.0. The van der Waals surface area contributed by atoms with Crippen molar-refractivity contribution >= 4 is 22.6 Å². The summed E-state index contributed by atoms with van der Waals surface area (Å²) in [5.41, 5.74) is 1.39. The molecule has 2 aromatic carbocycles. The molecule has 0 unspecified atom stereocenters. The number of alkyl halides is 3. The van der Waals surface area contributed by atoms with Crippen LogP contribution in [0.5, 0.6) is 11.6 Å². The second kappa shape index (κ2) is 6.20. The molecule has 2 heterocycles. The van der Waals surface area contributed by atoms with Crippen molar-refractivity contribution < 1.29 is 23.4 Å². The van der Waals surface area contributed by atoms with Crippen molar-refractivity contribution in [3.8, 4) is 28.6 Å². The van der Waals surface area contributed by atoms with Gasteiger partial charge < -0.3 is 15.2 Å². The molecule has 0 saturated carbocycles. The van der Waals surface area contributed by atoms with Gasteiger partial charge in [-0.15, -0.1) is 0 Å². The molecular weight excluding hydrogens is 395 g/mol. The number of aromatic nitrogens is 3. The molecule has 0 radical (unpaired) electrons. The van der Waals surface area contributed by atoms with E-state index in [0.717, 1.165) is 12.1 Å². The molecule has 3 N–H and O–H groups in total. The Kier molecular flexibility index (Phi) is 4.04. The first-order chi connectivity index (χ1) is 13.2. The van der Waals surface area contributed by atoms with Crippen LogP contribution in [0.15, 0.2) is 42.7 Å². The van der Waals surface area contributed by atoms with E-state index in [9.17, 15) is 23.4 Å². The van der Waals surface area contributed by atoms with Gasteiger partial charge in [0.15, 0.2) is 5.75 Å². The molecule has 0 saturated heterocycles. The number of nitrogens with one attached hydrogen (secondary N) is 1. The third kappa shape index (κ3) is 2.77. The molecule has 9 heteroatoms. The van der Waals surface area contributed by atoms with Gasteiger partial charge in [0.25, 0.3) is 0 Å². The van der Waals surface area contributed by atoms with Crippen molar-refractivity contribution in [2.24, 2.45) is 0 Å². The fourth-order valence-electron chi connectivity index (χ4n) is 3.21. The predicted octanol–water partition coefficient (Wildman–Crippen LogP) is 5.41. The molecule has 4 aromatic rings. The highest BCUT2D eigenvalue weighted by Crippen LogP contribution is 2.44. The molecule has 0 aliphatic heterocycles. The smallest absolute Gasteiger partial charge is 0.417 e. The van der Waals surface area contributed by atoms with Crippen LogP contribution in [0.4, 0.5) is 13.2 Å². The number of aromatic amines is 1. The van der Waals surface area contributed by atoms with Crippen molar-refractivity contribution in [2.45, 2.75) is 13.1 Å². The molecule has 0 amide bonds. The summed E-state index contributed by atoms with van der Waals surface area (Å²) in [4.78, 5) is 7.04. The van der Waals surface area contributed by atoms with Crippen molar-refractivity contribution in [3.63, 3.8) is 0 Å². The summed E-state index contributed by atoms with van der Waals surface area (Å²) in [6, 6.07) is 8.46. The zero-order chi connectivity index (χ0) is 20.2. The van der Waals surface area contributed by atoms with Gasteiger partial charge in [-0.2, -0.15) is 13.2 Å². The molecular formula is C19H13ClF3N3O2. The van der Waals surface area contributed by atoms with E-state index < -0.39 is 28.4 Å². The maximum atomic E-state index is 13.3. The molecule has 5 nitrogen and oxygen atoms in total. The van der Waals surface area contributed by atoms with E-state index in [1.54, 1.807) is 18.2 Å². The Balaban J connectivity index is 2.00. The minimum atomic E-state index is -4.64. The third-order valence-corrected chi connectivity index (χ3v) is 4.89. The number of fused-ring (bicyclic) bond motifs is 1. The van der Waals surface area contributed by atoms with Crippen molar-refractivity contribution in [2.75, 3.05) is 0 Å². The minimum Gasteiger partial charge on any atom is -0.503 e. The number of hydrogen-bond donors (Lipinski definition) is 3. The second-order valence-corrected chi connectivity index (χ2v) is 6.68. The Morgan fingerprint density at radius 1 is 1.11 bits per heavy atom. The van der Waals surface area contributed by atoms with Crippen LogP contribution >= 0.6 is 11.6 Å². The summed E-state index contributed by atoms with van der Waals surface area (Å²) in [5.74, 6) is -0.891. The maximum absolute atomic E-state index is 13.3. The largest absolute Gasteiger partial charge is 0.503 e. The Hall–Kier alpha value is -3.13. The molecule has 0 spiro atoms. The molecule has 0 bridgehead atoms. The number of hydrogen-bond acceptors (Lipinski definition) is 3. The maximum Gasteiger partial charge on any atom is 0.417 e. The summed E-state index contributed by atoms with van der Waals surface area (Å²) in [5, 5.41) is 20.3. The van der Waals surface area contributed by atoms with Gasteiger partial charge in [0.05, 0.1) is 39.3 Å². The Labute approximate surface area is 161 Å². The summed E-state index contributed by atoms with van der Waals surface area (Å²) in [6.07, 6.45) is -3.14. The molecule has 28 heavy (non-hydrogen) atoms. The van der Waals surface area contributed by atoms with E-state index in [1.165, 1.54) is 23.9 Å². The monoisotopic (exact) mass is 407 g/mol. The first-order valence-electron chi connectivity index (χ1n) is 8.12. The van der Waals surface area contributed by atoms with Crippen LogP contribution in [0.2, 0.25) is 5.02 Å². The van der Waals surface area contributed by atoms with Gasteiger partial charge in [-0.1, -0.05) is 17.7 Å². The Bertz CT molecular complexity index is 1210. The summed E-state index contributed by atoms with van der Waals surface area (Å²) >= 11 is 5.72. The SMILES string of the molecule is Cc1c(O)c(O)n(-c2ccc3nc[nH]c3c2)c1-c1ccc(Cl)c(C(F)(F)F)c1. The zero-order valence-corrected chi connectivity index (χ0v) is 15.1. The predicted molar refractivity (Wildman–Crippen MR) is 98.9 cm³/mol. The summed E-state index contributed by atoms with van der Waals surface area (Å²) in [6.45, 7) is 1.51. The van der Waals surface area contributed by atoms with Gasteiger partial charge in [0.1, 0.15) is 0 Å². The average molecular weight is 408 g/mol. The minimum absolute atomic E-state index is 0.148. The third-order valence-electron chi connectivity index (χ3n) is 4.56. The molecule has 2 aromatic heterocycles.